The Kier molecular flexibility index (Phi) is 7.74. The maximum Gasteiger partial charge on any atom is 0.239 e. The number of hydrogen-bond acceptors (Lipinski definition) is 4. The Bertz CT molecular complexity index is 643. The van der Waals surface area contributed by atoms with Crippen LogP contribution >= 0.6 is 12.4 Å². The zero-order chi connectivity index (χ0) is 15.9. The van der Waals surface area contributed by atoms with E-state index in [4.69, 9.17) is 4.74 Å². The van der Waals surface area contributed by atoms with Gasteiger partial charge in [-0.3, -0.25) is 9.48 Å². The molecule has 1 aromatic carbocycles. The predicted octanol–water partition coefficient (Wildman–Crippen LogP) is 1.99. The standard InChI is InChI=1S/C16H22N4O2.ClH/c1-12-6-4-5-7-13(12)14-10-15(20(2)19-14)18-16(21)11-17-8-9-22-3;/h4-7,10,17H,8-9,11H2,1-3H3,(H,18,21);1H. The van der Waals surface area contributed by atoms with E-state index in [0.29, 0.717) is 19.0 Å². The van der Waals surface area contributed by atoms with E-state index >= 15 is 0 Å². The monoisotopic (exact) mass is 338 g/mol. The molecule has 0 unspecified atom stereocenters. The van der Waals surface area contributed by atoms with Crippen LogP contribution in [-0.2, 0) is 16.6 Å². The maximum atomic E-state index is 11.9. The molecule has 126 valence electrons. The van der Waals surface area contributed by atoms with Crippen molar-refractivity contribution in [1.82, 2.24) is 15.1 Å². The van der Waals surface area contributed by atoms with Crippen LogP contribution in [0.5, 0.6) is 0 Å². The molecule has 2 N–H and O–H groups in total. The zero-order valence-electron chi connectivity index (χ0n) is 13.6. The van der Waals surface area contributed by atoms with Crippen molar-refractivity contribution in [2.45, 2.75) is 6.92 Å². The summed E-state index contributed by atoms with van der Waals surface area (Å²) in [4.78, 5) is 11.9. The largest absolute Gasteiger partial charge is 0.383 e. The third kappa shape index (κ3) is 5.35. The molecule has 0 atom stereocenters. The van der Waals surface area contributed by atoms with Crippen molar-refractivity contribution in [1.29, 1.82) is 0 Å². The predicted molar refractivity (Wildman–Crippen MR) is 94.0 cm³/mol. The highest BCUT2D eigenvalue weighted by molar-refractivity contribution is 5.92. The molecule has 1 aromatic heterocycles. The molecular formula is C16H23ClN4O2. The van der Waals surface area contributed by atoms with E-state index in [0.717, 1.165) is 16.8 Å². The second-order valence-electron chi connectivity index (χ2n) is 5.07. The fourth-order valence-corrected chi connectivity index (χ4v) is 2.14. The van der Waals surface area contributed by atoms with Crippen molar-refractivity contribution in [3.05, 3.63) is 35.9 Å². The van der Waals surface area contributed by atoms with E-state index in [1.807, 2.05) is 44.3 Å². The van der Waals surface area contributed by atoms with Crippen molar-refractivity contribution in [2.75, 3.05) is 32.1 Å². The number of rotatable bonds is 7. The number of ether oxygens (including phenoxy) is 1. The molecule has 0 saturated heterocycles. The van der Waals surface area contributed by atoms with Crippen LogP contribution in [0.3, 0.4) is 0 Å². The SMILES string of the molecule is COCCNCC(=O)Nc1cc(-c2ccccc2C)nn1C.Cl. The first kappa shape index (κ1) is 19.2. The molecule has 0 aliphatic carbocycles. The van der Waals surface area contributed by atoms with Gasteiger partial charge in [0.1, 0.15) is 5.82 Å². The fraction of sp³-hybridized carbons (Fsp3) is 0.375. The molecule has 0 bridgehead atoms. The van der Waals surface area contributed by atoms with Crippen LogP contribution in [0.1, 0.15) is 5.56 Å². The van der Waals surface area contributed by atoms with Gasteiger partial charge in [-0.2, -0.15) is 5.10 Å². The first-order valence-corrected chi connectivity index (χ1v) is 7.21. The van der Waals surface area contributed by atoms with Crippen molar-refractivity contribution >= 4 is 24.1 Å². The fourth-order valence-electron chi connectivity index (χ4n) is 2.14. The summed E-state index contributed by atoms with van der Waals surface area (Å²) in [6.45, 7) is 3.51. The Balaban J connectivity index is 0.00000264. The van der Waals surface area contributed by atoms with Gasteiger partial charge in [0.25, 0.3) is 0 Å². The molecule has 2 rings (SSSR count). The number of carbonyl (C=O) groups excluding carboxylic acids is 1. The van der Waals surface area contributed by atoms with E-state index in [-0.39, 0.29) is 24.9 Å². The summed E-state index contributed by atoms with van der Waals surface area (Å²) in [5, 5.41) is 10.3. The summed E-state index contributed by atoms with van der Waals surface area (Å²) in [5.74, 6) is 0.576. The van der Waals surface area contributed by atoms with Gasteiger partial charge in [0.05, 0.1) is 18.8 Å². The number of nitrogens with zero attached hydrogens (tertiary/aromatic N) is 2. The molecule has 6 nitrogen and oxygen atoms in total. The van der Waals surface area contributed by atoms with Crippen molar-refractivity contribution < 1.29 is 9.53 Å². The molecule has 0 fully saturated rings. The average molecular weight is 339 g/mol. The third-order valence-corrected chi connectivity index (χ3v) is 3.34. The summed E-state index contributed by atoms with van der Waals surface area (Å²) in [5.41, 5.74) is 3.07. The van der Waals surface area contributed by atoms with Gasteiger partial charge in [0.15, 0.2) is 0 Å². The van der Waals surface area contributed by atoms with Gasteiger partial charge < -0.3 is 15.4 Å². The van der Waals surface area contributed by atoms with E-state index in [2.05, 4.69) is 15.7 Å². The molecular weight excluding hydrogens is 316 g/mol. The molecule has 1 amide bonds. The molecule has 2 aromatic rings. The van der Waals surface area contributed by atoms with E-state index < -0.39 is 0 Å². The zero-order valence-corrected chi connectivity index (χ0v) is 14.4. The van der Waals surface area contributed by atoms with Gasteiger partial charge in [0, 0.05) is 32.3 Å². The number of aryl methyl sites for hydroxylation is 2. The minimum absolute atomic E-state index is 0. The first-order valence-electron chi connectivity index (χ1n) is 7.21. The molecule has 0 radical (unpaired) electrons. The summed E-state index contributed by atoms with van der Waals surface area (Å²) < 4.78 is 6.59. The molecule has 7 heteroatoms. The number of carbonyl (C=O) groups is 1. The van der Waals surface area contributed by atoms with Gasteiger partial charge in [-0.15, -0.1) is 12.4 Å². The average Bonchev–Trinajstić information content (AvgIpc) is 2.85. The van der Waals surface area contributed by atoms with Crippen molar-refractivity contribution in [2.24, 2.45) is 7.05 Å². The lowest BCUT2D eigenvalue weighted by Gasteiger charge is -2.06. The number of methoxy groups -OCH3 is 1. The van der Waals surface area contributed by atoms with Crippen LogP contribution in [-0.4, -0.2) is 42.5 Å². The molecule has 1 heterocycles. The number of benzene rings is 1. The maximum absolute atomic E-state index is 11.9. The van der Waals surface area contributed by atoms with Crippen LogP contribution in [0.2, 0.25) is 0 Å². The van der Waals surface area contributed by atoms with Crippen LogP contribution in [0, 0.1) is 6.92 Å². The van der Waals surface area contributed by atoms with Crippen LogP contribution in [0.15, 0.2) is 30.3 Å². The second kappa shape index (κ2) is 9.29. The Morgan fingerprint density at radius 3 is 2.78 bits per heavy atom. The van der Waals surface area contributed by atoms with Crippen molar-refractivity contribution in [3.63, 3.8) is 0 Å². The normalized spacial score (nSPS) is 10.2. The Hall–Kier alpha value is -1.89. The number of amides is 1. The third-order valence-electron chi connectivity index (χ3n) is 3.34. The van der Waals surface area contributed by atoms with Crippen molar-refractivity contribution in [3.8, 4) is 11.3 Å². The minimum Gasteiger partial charge on any atom is -0.383 e. The number of halogens is 1. The lowest BCUT2D eigenvalue weighted by atomic mass is 10.1. The van der Waals surface area contributed by atoms with Gasteiger partial charge in [-0.05, 0) is 12.5 Å². The van der Waals surface area contributed by atoms with E-state index in [1.54, 1.807) is 11.8 Å². The quantitative estimate of drug-likeness (QED) is 0.758. The summed E-state index contributed by atoms with van der Waals surface area (Å²) in [6, 6.07) is 9.93. The van der Waals surface area contributed by atoms with Crippen LogP contribution in [0.4, 0.5) is 5.82 Å². The molecule has 0 aliphatic heterocycles. The highest BCUT2D eigenvalue weighted by atomic mass is 35.5. The second-order valence-corrected chi connectivity index (χ2v) is 5.07. The van der Waals surface area contributed by atoms with Gasteiger partial charge in [-0.1, -0.05) is 24.3 Å². The summed E-state index contributed by atoms with van der Waals surface area (Å²) in [6.07, 6.45) is 0. The Labute approximate surface area is 142 Å². The lowest BCUT2D eigenvalue weighted by molar-refractivity contribution is -0.115. The topological polar surface area (TPSA) is 68.2 Å². The number of anilines is 1. The lowest BCUT2D eigenvalue weighted by Crippen LogP contribution is -2.30. The van der Waals surface area contributed by atoms with E-state index in [9.17, 15) is 4.79 Å². The van der Waals surface area contributed by atoms with Gasteiger partial charge in [-0.25, -0.2) is 0 Å². The highest BCUT2D eigenvalue weighted by Crippen LogP contribution is 2.24. The molecule has 0 saturated carbocycles. The smallest absolute Gasteiger partial charge is 0.239 e. The molecule has 0 aliphatic rings. The Morgan fingerprint density at radius 1 is 1.35 bits per heavy atom. The summed E-state index contributed by atoms with van der Waals surface area (Å²) >= 11 is 0. The van der Waals surface area contributed by atoms with Crippen LogP contribution in [0.25, 0.3) is 11.3 Å². The highest BCUT2D eigenvalue weighted by Gasteiger charge is 2.11. The number of hydrogen-bond donors (Lipinski definition) is 2. The van der Waals surface area contributed by atoms with Gasteiger partial charge >= 0.3 is 0 Å². The van der Waals surface area contributed by atoms with E-state index in [1.165, 1.54) is 0 Å². The first-order chi connectivity index (χ1) is 10.6. The number of nitrogens with one attached hydrogen (secondary N) is 2. The number of aromatic nitrogens is 2. The summed E-state index contributed by atoms with van der Waals surface area (Å²) in [7, 11) is 3.44. The molecule has 0 spiro atoms. The minimum atomic E-state index is -0.101. The Morgan fingerprint density at radius 2 is 2.09 bits per heavy atom. The van der Waals surface area contributed by atoms with Gasteiger partial charge in [0.2, 0.25) is 5.91 Å². The molecule has 23 heavy (non-hydrogen) atoms. The van der Waals surface area contributed by atoms with Crippen LogP contribution < -0.4 is 10.6 Å².